The maximum absolute atomic E-state index is 14.4. The summed E-state index contributed by atoms with van der Waals surface area (Å²) in [5, 5.41) is 5.28. The Labute approximate surface area is 269 Å². The van der Waals surface area contributed by atoms with Crippen molar-refractivity contribution in [2.24, 2.45) is 0 Å². The number of benzene rings is 2. The van der Waals surface area contributed by atoms with E-state index in [0.29, 0.717) is 38.9 Å². The second kappa shape index (κ2) is 13.8. The van der Waals surface area contributed by atoms with Gasteiger partial charge in [0.1, 0.15) is 18.1 Å². The Morgan fingerprint density at radius 1 is 1.11 bits per heavy atom. The van der Waals surface area contributed by atoms with E-state index in [9.17, 15) is 28.4 Å². The molecule has 2 aromatic carbocycles. The van der Waals surface area contributed by atoms with Crippen molar-refractivity contribution in [1.29, 1.82) is 0 Å². The van der Waals surface area contributed by atoms with Crippen LogP contribution in [0.1, 0.15) is 38.3 Å². The van der Waals surface area contributed by atoms with Gasteiger partial charge in [0, 0.05) is 56.6 Å². The van der Waals surface area contributed by atoms with E-state index in [1.807, 2.05) is 12.1 Å². The minimum atomic E-state index is -0.778. The molecule has 1 saturated heterocycles. The van der Waals surface area contributed by atoms with Crippen LogP contribution in [0.25, 0.3) is 11.1 Å². The summed E-state index contributed by atoms with van der Waals surface area (Å²) >= 11 is 6.21. The minimum Gasteiger partial charge on any atom is -0.497 e. The van der Waals surface area contributed by atoms with Crippen molar-refractivity contribution in [1.82, 2.24) is 24.3 Å². The number of rotatable bonds is 8. The summed E-state index contributed by atoms with van der Waals surface area (Å²) in [7, 11) is 1.60. The third kappa shape index (κ3) is 6.79. The van der Waals surface area contributed by atoms with Crippen LogP contribution in [0.3, 0.4) is 0 Å². The molecule has 5 rings (SSSR count). The molecule has 0 aliphatic carbocycles. The van der Waals surface area contributed by atoms with E-state index in [0.717, 1.165) is 32.2 Å². The van der Waals surface area contributed by atoms with Gasteiger partial charge in [-0.15, -0.1) is 0 Å². The number of anilines is 1. The molecule has 0 radical (unpaired) electrons. The van der Waals surface area contributed by atoms with Crippen LogP contribution in [0, 0.1) is 5.82 Å². The fourth-order valence-corrected chi connectivity index (χ4v) is 6.21. The molecule has 0 unspecified atom stereocenters. The van der Waals surface area contributed by atoms with E-state index >= 15 is 0 Å². The van der Waals surface area contributed by atoms with Crippen molar-refractivity contribution in [3.63, 3.8) is 0 Å². The number of halogens is 2. The molecule has 2 aliphatic rings. The van der Waals surface area contributed by atoms with Crippen LogP contribution in [0.4, 0.5) is 14.9 Å². The van der Waals surface area contributed by atoms with Crippen molar-refractivity contribution in [2.45, 2.75) is 51.7 Å². The first-order valence-electron chi connectivity index (χ1n) is 15.1. The highest BCUT2D eigenvalue weighted by Gasteiger charge is 2.32. The summed E-state index contributed by atoms with van der Waals surface area (Å²) < 4.78 is 21.7. The van der Waals surface area contributed by atoms with Gasteiger partial charge < -0.3 is 25.2 Å². The second-order valence-electron chi connectivity index (χ2n) is 11.5. The molecule has 12 nitrogen and oxygen atoms in total. The zero-order valence-corrected chi connectivity index (χ0v) is 26.6. The van der Waals surface area contributed by atoms with Gasteiger partial charge in [-0.2, -0.15) is 0 Å². The third-order valence-corrected chi connectivity index (χ3v) is 8.90. The second-order valence-corrected chi connectivity index (χ2v) is 11.9. The normalized spacial score (nSPS) is 15.9. The maximum atomic E-state index is 14.4. The van der Waals surface area contributed by atoms with E-state index in [1.165, 1.54) is 25.3 Å². The number of amides is 4. The highest BCUT2D eigenvalue weighted by molar-refractivity contribution is 6.33. The summed E-state index contributed by atoms with van der Waals surface area (Å²) in [6.45, 7) is 3.75. The third-order valence-electron chi connectivity index (χ3n) is 8.52. The monoisotopic (exact) mass is 654 g/mol. The lowest BCUT2D eigenvalue weighted by molar-refractivity contribution is -0.133. The summed E-state index contributed by atoms with van der Waals surface area (Å²) in [6, 6.07) is 8.50. The largest absolute Gasteiger partial charge is 0.497 e. The average Bonchev–Trinajstić information content (AvgIpc) is 3.20. The molecule has 2 N–H and O–H groups in total. The zero-order valence-electron chi connectivity index (χ0n) is 25.8. The number of urea groups is 1. The van der Waals surface area contributed by atoms with Crippen LogP contribution in [0.15, 0.2) is 52.2 Å². The first kappa shape index (κ1) is 32.7. The van der Waals surface area contributed by atoms with Gasteiger partial charge in [0.15, 0.2) is 0 Å². The van der Waals surface area contributed by atoms with Gasteiger partial charge in [-0.05, 0) is 56.0 Å². The number of likely N-dealkylation sites (tertiary alicyclic amines) is 1. The Morgan fingerprint density at radius 2 is 1.85 bits per heavy atom. The quantitative estimate of drug-likeness (QED) is 0.383. The number of nitrogens with zero attached hydrogens (tertiary/aromatic N) is 4. The maximum Gasteiger partial charge on any atom is 0.331 e. The number of piperidine rings is 1. The van der Waals surface area contributed by atoms with E-state index in [4.69, 9.17) is 16.3 Å². The topological polar surface area (TPSA) is 135 Å². The average molecular weight is 655 g/mol. The van der Waals surface area contributed by atoms with Crippen LogP contribution in [0.2, 0.25) is 5.02 Å². The lowest BCUT2D eigenvalue weighted by Crippen LogP contribution is -2.51. The first-order valence-corrected chi connectivity index (χ1v) is 15.4. The van der Waals surface area contributed by atoms with Gasteiger partial charge in [0.05, 0.1) is 23.7 Å². The Balaban J connectivity index is 1.33. The molecule has 0 saturated carbocycles. The molecule has 46 heavy (non-hydrogen) atoms. The number of aromatic nitrogens is 2. The summed E-state index contributed by atoms with van der Waals surface area (Å²) in [6.07, 6.45) is 2.98. The molecule has 4 amide bonds. The SMILES string of the molecule is COc1ccc2c(c1)CCN(C1CCN(C(=O)Cn3cc(-c4cccc(F)c4Cl)c(=O)n([C@@H](C)CNC(C)=O)c3=O)CC1)C(=O)N2. The van der Waals surface area contributed by atoms with Crippen LogP contribution in [-0.4, -0.2) is 76.1 Å². The molecule has 1 aromatic heterocycles. The molecule has 1 fully saturated rings. The first-order chi connectivity index (χ1) is 22.0. The molecule has 3 heterocycles. The van der Waals surface area contributed by atoms with Gasteiger partial charge in [-0.3, -0.25) is 23.5 Å². The number of methoxy groups -OCH3 is 1. The summed E-state index contributed by atoms with van der Waals surface area (Å²) in [5.74, 6) is -0.715. The highest BCUT2D eigenvalue weighted by atomic mass is 35.5. The minimum absolute atomic E-state index is 0.0189. The van der Waals surface area contributed by atoms with Crippen molar-refractivity contribution in [3.05, 3.63) is 79.8 Å². The number of ether oxygens (including phenoxy) is 1. The molecule has 14 heteroatoms. The number of nitrogens with one attached hydrogen (secondary N) is 2. The Hall–Kier alpha value is -4.65. The van der Waals surface area contributed by atoms with Gasteiger partial charge >= 0.3 is 11.7 Å². The van der Waals surface area contributed by atoms with Crippen molar-refractivity contribution in [2.75, 3.05) is 38.6 Å². The van der Waals surface area contributed by atoms with E-state index in [1.54, 1.807) is 29.9 Å². The number of hydrogen-bond donors (Lipinski definition) is 2. The molecule has 0 bridgehead atoms. The van der Waals surface area contributed by atoms with Gasteiger partial charge in [-0.1, -0.05) is 23.7 Å². The van der Waals surface area contributed by atoms with Gasteiger partial charge in [0.2, 0.25) is 11.8 Å². The van der Waals surface area contributed by atoms with Gasteiger partial charge in [0.25, 0.3) is 5.56 Å². The Kier molecular flexibility index (Phi) is 9.80. The molecule has 1 atom stereocenters. The Bertz CT molecular complexity index is 1780. The van der Waals surface area contributed by atoms with E-state index < -0.39 is 23.1 Å². The fourth-order valence-electron chi connectivity index (χ4n) is 5.98. The van der Waals surface area contributed by atoms with E-state index in [2.05, 4.69) is 10.6 Å². The summed E-state index contributed by atoms with van der Waals surface area (Å²) in [5.41, 5.74) is 0.274. The number of carbonyl (C=O) groups is 3. The van der Waals surface area contributed by atoms with Crippen LogP contribution in [-0.2, 0) is 22.6 Å². The van der Waals surface area contributed by atoms with Crippen LogP contribution >= 0.6 is 11.6 Å². The zero-order chi connectivity index (χ0) is 33.1. The van der Waals surface area contributed by atoms with E-state index in [-0.39, 0.29) is 53.1 Å². The molecule has 244 valence electrons. The lowest BCUT2D eigenvalue weighted by Gasteiger charge is -2.38. The summed E-state index contributed by atoms with van der Waals surface area (Å²) in [4.78, 5) is 68.7. The van der Waals surface area contributed by atoms with Crippen LogP contribution in [0.5, 0.6) is 5.75 Å². The number of carbonyl (C=O) groups excluding carboxylic acids is 3. The number of fused-ring (bicyclic) bond motifs is 1. The van der Waals surface area contributed by atoms with Crippen LogP contribution < -0.4 is 26.6 Å². The smallest absolute Gasteiger partial charge is 0.331 e. The molecule has 3 aromatic rings. The standard InChI is InChI=1S/C32H36ClFN6O6/c1-19(16-35-20(2)41)40-30(43)25(24-5-4-6-26(34)29(24)33)17-38(32(40)45)18-28(42)37-12-10-22(11-13-37)39-14-9-21-15-23(46-3)7-8-27(21)36-31(39)44/h4-8,15,17,19,22H,9-14,16,18H2,1-3H3,(H,35,41)(H,36,44)/t19-/m0/s1. The predicted octanol–water partition coefficient (Wildman–Crippen LogP) is 3.26. The molecule has 2 aliphatic heterocycles. The molecular weight excluding hydrogens is 619 g/mol. The molecule has 0 spiro atoms. The predicted molar refractivity (Wildman–Crippen MR) is 171 cm³/mol. The van der Waals surface area contributed by atoms with Gasteiger partial charge in [-0.25, -0.2) is 14.0 Å². The number of hydrogen-bond acceptors (Lipinski definition) is 6. The van der Waals surface area contributed by atoms with Crippen molar-refractivity contribution < 1.29 is 23.5 Å². The Morgan fingerprint density at radius 3 is 2.54 bits per heavy atom. The van der Waals surface area contributed by atoms with Crippen molar-refractivity contribution >= 4 is 35.1 Å². The lowest BCUT2D eigenvalue weighted by atomic mass is 10.0. The highest BCUT2D eigenvalue weighted by Crippen LogP contribution is 2.29. The fraction of sp³-hybridized carbons (Fsp3) is 0.406. The van der Waals surface area contributed by atoms with Crippen molar-refractivity contribution in [3.8, 4) is 16.9 Å². The molecular formula is C32H36ClFN6O6.